The number of hydrogen-bond donors (Lipinski definition) is 1. The van der Waals surface area contributed by atoms with E-state index in [1.54, 1.807) is 0 Å². The van der Waals surface area contributed by atoms with Crippen LogP contribution in [0.2, 0.25) is 0 Å². The van der Waals surface area contributed by atoms with Gasteiger partial charge in [-0.25, -0.2) is 0 Å². The van der Waals surface area contributed by atoms with Gasteiger partial charge < -0.3 is 5.32 Å². The minimum atomic E-state index is 0.749. The van der Waals surface area contributed by atoms with Crippen LogP contribution in [0.1, 0.15) is 52.9 Å². The first-order chi connectivity index (χ1) is 9.63. The Morgan fingerprint density at radius 3 is 2.65 bits per heavy atom. The molecular weight excluding hydrogens is 246 g/mol. The molecule has 1 N–H and O–H groups in total. The highest BCUT2D eigenvalue weighted by molar-refractivity contribution is 4.97. The quantitative estimate of drug-likeness (QED) is 0.805. The van der Waals surface area contributed by atoms with Crippen LogP contribution in [0.15, 0.2) is 0 Å². The molecule has 3 rings (SSSR count). The van der Waals surface area contributed by atoms with Crippen LogP contribution in [0, 0.1) is 5.92 Å². The van der Waals surface area contributed by atoms with Gasteiger partial charge in [-0.05, 0) is 51.5 Å². The van der Waals surface area contributed by atoms with Crippen molar-refractivity contribution < 1.29 is 0 Å². The maximum absolute atomic E-state index is 3.69. The fourth-order valence-corrected chi connectivity index (χ4v) is 4.24. The highest BCUT2D eigenvalue weighted by Gasteiger charge is 2.40. The van der Waals surface area contributed by atoms with Crippen LogP contribution in [0.3, 0.4) is 0 Å². The molecule has 0 aromatic carbocycles. The molecule has 0 aromatic heterocycles. The molecule has 0 bridgehead atoms. The summed E-state index contributed by atoms with van der Waals surface area (Å²) in [6, 6.07) is 3.29. The van der Waals surface area contributed by atoms with Crippen molar-refractivity contribution in [3.05, 3.63) is 0 Å². The number of nitrogens with zero attached hydrogens (tertiary/aromatic N) is 2. The topological polar surface area (TPSA) is 18.5 Å². The third-order valence-electron chi connectivity index (χ3n) is 5.35. The van der Waals surface area contributed by atoms with Gasteiger partial charge in [-0.2, -0.15) is 0 Å². The number of hydrogen-bond acceptors (Lipinski definition) is 3. The molecular formula is C17H33N3. The van der Waals surface area contributed by atoms with Crippen molar-refractivity contribution in [2.75, 3.05) is 26.2 Å². The Hall–Kier alpha value is -0.120. The van der Waals surface area contributed by atoms with Gasteiger partial charge >= 0.3 is 0 Å². The SMILES string of the molecule is CC(C)CN(CC1CCCN1)C1CC(C)N(C2CC2)C1. The molecule has 1 aliphatic carbocycles. The lowest BCUT2D eigenvalue weighted by Gasteiger charge is -2.32. The van der Waals surface area contributed by atoms with Gasteiger partial charge in [0.15, 0.2) is 0 Å². The van der Waals surface area contributed by atoms with Crippen LogP contribution in [0.5, 0.6) is 0 Å². The maximum atomic E-state index is 3.69. The second-order valence-corrected chi connectivity index (χ2v) is 7.81. The van der Waals surface area contributed by atoms with Gasteiger partial charge in [-0.1, -0.05) is 13.8 Å². The third kappa shape index (κ3) is 3.55. The molecule has 3 fully saturated rings. The summed E-state index contributed by atoms with van der Waals surface area (Å²) in [7, 11) is 0. The Balaban J connectivity index is 1.59. The summed E-state index contributed by atoms with van der Waals surface area (Å²) >= 11 is 0. The maximum Gasteiger partial charge on any atom is 0.0238 e. The number of nitrogens with one attached hydrogen (secondary N) is 1. The standard InChI is InChI=1S/C17H33N3/c1-13(2)10-19(11-15-5-4-8-18-15)17-9-14(3)20(12-17)16-6-7-16/h13-18H,4-12H2,1-3H3. The number of rotatable bonds is 6. The molecule has 1 saturated carbocycles. The smallest absolute Gasteiger partial charge is 0.0238 e. The highest BCUT2D eigenvalue weighted by atomic mass is 15.3. The monoisotopic (exact) mass is 279 g/mol. The second-order valence-electron chi connectivity index (χ2n) is 7.81. The van der Waals surface area contributed by atoms with Crippen molar-refractivity contribution in [1.29, 1.82) is 0 Å². The van der Waals surface area contributed by atoms with E-state index in [1.807, 2.05) is 0 Å². The largest absolute Gasteiger partial charge is 0.313 e. The highest BCUT2D eigenvalue weighted by Crippen LogP contribution is 2.35. The molecule has 116 valence electrons. The molecule has 3 unspecified atom stereocenters. The molecule has 2 saturated heterocycles. The van der Waals surface area contributed by atoms with Crippen molar-refractivity contribution >= 4 is 0 Å². The van der Waals surface area contributed by atoms with Crippen LogP contribution in [-0.4, -0.2) is 60.1 Å². The van der Waals surface area contributed by atoms with Crippen molar-refractivity contribution in [3.8, 4) is 0 Å². The molecule has 2 heterocycles. The normalized spacial score (nSPS) is 35.5. The van der Waals surface area contributed by atoms with E-state index in [2.05, 4.69) is 35.9 Å². The molecule has 3 atom stereocenters. The zero-order valence-electron chi connectivity index (χ0n) is 13.6. The van der Waals surface area contributed by atoms with Crippen LogP contribution >= 0.6 is 0 Å². The Labute approximate surface area is 125 Å². The zero-order valence-corrected chi connectivity index (χ0v) is 13.6. The van der Waals surface area contributed by atoms with Crippen LogP contribution in [0.4, 0.5) is 0 Å². The Morgan fingerprint density at radius 2 is 2.05 bits per heavy atom. The Morgan fingerprint density at radius 1 is 1.25 bits per heavy atom. The molecule has 0 spiro atoms. The molecule has 3 aliphatic rings. The van der Waals surface area contributed by atoms with Gasteiger partial charge in [0, 0.05) is 43.8 Å². The lowest BCUT2D eigenvalue weighted by molar-refractivity contribution is 0.158. The first-order valence-corrected chi connectivity index (χ1v) is 8.86. The van der Waals surface area contributed by atoms with Crippen molar-refractivity contribution in [2.45, 2.75) is 77.0 Å². The van der Waals surface area contributed by atoms with Gasteiger partial charge in [-0.15, -0.1) is 0 Å². The van der Waals surface area contributed by atoms with Crippen LogP contribution < -0.4 is 5.32 Å². The average Bonchev–Trinajstić information content (AvgIpc) is 2.95. The van der Waals surface area contributed by atoms with Gasteiger partial charge in [0.1, 0.15) is 0 Å². The molecule has 0 radical (unpaired) electrons. The zero-order chi connectivity index (χ0) is 14.1. The molecule has 3 heteroatoms. The minimum absolute atomic E-state index is 0.749. The van der Waals surface area contributed by atoms with Crippen molar-refractivity contribution in [3.63, 3.8) is 0 Å². The van der Waals surface area contributed by atoms with E-state index in [1.165, 1.54) is 58.3 Å². The van der Waals surface area contributed by atoms with Crippen LogP contribution in [0.25, 0.3) is 0 Å². The summed E-state index contributed by atoms with van der Waals surface area (Å²) in [6.45, 7) is 12.3. The average molecular weight is 279 g/mol. The lowest BCUT2D eigenvalue weighted by atomic mass is 10.1. The predicted molar refractivity (Wildman–Crippen MR) is 85.0 cm³/mol. The Kier molecular flexibility index (Phi) is 4.68. The summed E-state index contributed by atoms with van der Waals surface area (Å²) in [5, 5.41) is 3.69. The third-order valence-corrected chi connectivity index (χ3v) is 5.35. The first-order valence-electron chi connectivity index (χ1n) is 8.86. The molecule has 3 nitrogen and oxygen atoms in total. The van der Waals surface area contributed by atoms with E-state index in [-0.39, 0.29) is 0 Å². The fraction of sp³-hybridized carbons (Fsp3) is 1.00. The predicted octanol–water partition coefficient (Wildman–Crippen LogP) is 2.32. The summed E-state index contributed by atoms with van der Waals surface area (Å²) in [5.41, 5.74) is 0. The molecule has 20 heavy (non-hydrogen) atoms. The number of likely N-dealkylation sites (tertiary alicyclic amines) is 1. The van der Waals surface area contributed by atoms with Gasteiger partial charge in [0.2, 0.25) is 0 Å². The van der Waals surface area contributed by atoms with Gasteiger partial charge in [0.25, 0.3) is 0 Å². The molecule has 0 amide bonds. The fourth-order valence-electron chi connectivity index (χ4n) is 4.24. The lowest BCUT2D eigenvalue weighted by Crippen LogP contribution is -2.46. The van der Waals surface area contributed by atoms with E-state index >= 15 is 0 Å². The van der Waals surface area contributed by atoms with E-state index in [0.717, 1.165) is 30.1 Å². The van der Waals surface area contributed by atoms with E-state index in [0.29, 0.717) is 0 Å². The van der Waals surface area contributed by atoms with E-state index < -0.39 is 0 Å². The summed E-state index contributed by atoms with van der Waals surface area (Å²) < 4.78 is 0. The molecule has 2 aliphatic heterocycles. The van der Waals surface area contributed by atoms with E-state index in [4.69, 9.17) is 0 Å². The van der Waals surface area contributed by atoms with Crippen molar-refractivity contribution in [2.24, 2.45) is 5.92 Å². The minimum Gasteiger partial charge on any atom is -0.313 e. The van der Waals surface area contributed by atoms with Gasteiger partial charge in [-0.3, -0.25) is 9.80 Å². The summed E-state index contributed by atoms with van der Waals surface area (Å²) in [6.07, 6.45) is 7.03. The van der Waals surface area contributed by atoms with Crippen LogP contribution in [-0.2, 0) is 0 Å². The molecule has 0 aromatic rings. The van der Waals surface area contributed by atoms with Gasteiger partial charge in [0.05, 0.1) is 0 Å². The van der Waals surface area contributed by atoms with E-state index in [9.17, 15) is 0 Å². The first kappa shape index (κ1) is 14.8. The summed E-state index contributed by atoms with van der Waals surface area (Å²) in [5.74, 6) is 0.779. The second kappa shape index (κ2) is 6.33. The summed E-state index contributed by atoms with van der Waals surface area (Å²) in [4.78, 5) is 5.60. The Bertz CT molecular complexity index is 307. The van der Waals surface area contributed by atoms with Crippen molar-refractivity contribution in [1.82, 2.24) is 15.1 Å².